The van der Waals surface area contributed by atoms with Crippen LogP contribution in [0.2, 0.25) is 0 Å². The Morgan fingerprint density at radius 3 is 3.13 bits per heavy atom. The van der Waals surface area contributed by atoms with Crippen LogP contribution in [0.25, 0.3) is 10.9 Å². The van der Waals surface area contributed by atoms with Crippen LogP contribution in [-0.4, -0.2) is 38.2 Å². The van der Waals surface area contributed by atoms with Gasteiger partial charge in [0.1, 0.15) is 0 Å². The van der Waals surface area contributed by atoms with Gasteiger partial charge < -0.3 is 9.88 Å². The summed E-state index contributed by atoms with van der Waals surface area (Å²) in [4.78, 5) is 18.2. The van der Waals surface area contributed by atoms with Gasteiger partial charge in [-0.2, -0.15) is 5.10 Å². The highest BCUT2D eigenvalue weighted by Crippen LogP contribution is 2.22. The maximum absolute atomic E-state index is 13.0. The van der Waals surface area contributed by atoms with Gasteiger partial charge in [-0.3, -0.25) is 9.48 Å². The molecule has 4 rings (SSSR count). The number of hydrogen-bond donors (Lipinski definition) is 1. The second-order valence-electron chi connectivity index (χ2n) is 6.16. The Morgan fingerprint density at radius 2 is 2.26 bits per heavy atom. The molecule has 23 heavy (non-hydrogen) atoms. The molecule has 1 N–H and O–H groups in total. The zero-order chi connectivity index (χ0) is 15.6. The van der Waals surface area contributed by atoms with Crippen LogP contribution in [0, 0.1) is 0 Å². The maximum Gasteiger partial charge on any atom is 0.254 e. The van der Waals surface area contributed by atoms with Gasteiger partial charge in [-0.25, -0.2) is 0 Å². The summed E-state index contributed by atoms with van der Waals surface area (Å²) in [6.45, 7) is 1.59. The number of likely N-dealkylation sites (tertiary alicyclic amines) is 1. The third-order valence-electron chi connectivity index (χ3n) is 4.65. The van der Waals surface area contributed by atoms with E-state index in [1.807, 2.05) is 52.3 Å². The van der Waals surface area contributed by atoms with Crippen LogP contribution in [0.5, 0.6) is 0 Å². The second kappa shape index (κ2) is 5.91. The molecule has 0 aliphatic carbocycles. The lowest BCUT2D eigenvalue weighted by Gasteiger charge is -2.35. The van der Waals surface area contributed by atoms with Gasteiger partial charge in [-0.05, 0) is 48.9 Å². The van der Waals surface area contributed by atoms with Gasteiger partial charge in [0.15, 0.2) is 0 Å². The minimum atomic E-state index is 0.123. The molecule has 1 unspecified atom stereocenters. The van der Waals surface area contributed by atoms with E-state index in [0.29, 0.717) is 0 Å². The molecular formula is C18H20N4O. The summed E-state index contributed by atoms with van der Waals surface area (Å²) >= 11 is 0. The first-order chi connectivity index (χ1) is 11.3. The van der Waals surface area contributed by atoms with E-state index in [2.05, 4.69) is 10.1 Å². The summed E-state index contributed by atoms with van der Waals surface area (Å²) in [6.07, 6.45) is 8.94. The van der Waals surface area contributed by atoms with Crippen molar-refractivity contribution in [3.63, 3.8) is 0 Å². The number of carbonyl (C=O) groups is 1. The van der Waals surface area contributed by atoms with Gasteiger partial charge in [-0.15, -0.1) is 0 Å². The summed E-state index contributed by atoms with van der Waals surface area (Å²) in [7, 11) is 0. The van der Waals surface area contributed by atoms with Crippen LogP contribution in [0.3, 0.4) is 0 Å². The second-order valence-corrected chi connectivity index (χ2v) is 6.16. The molecule has 1 aliphatic rings. The van der Waals surface area contributed by atoms with E-state index in [1.54, 1.807) is 6.20 Å². The fraction of sp³-hybridized carbons (Fsp3) is 0.333. The number of benzene rings is 1. The van der Waals surface area contributed by atoms with E-state index >= 15 is 0 Å². The fourth-order valence-corrected chi connectivity index (χ4v) is 3.43. The van der Waals surface area contributed by atoms with Crippen molar-refractivity contribution >= 4 is 16.8 Å². The maximum atomic E-state index is 13.0. The molecule has 3 heterocycles. The largest absolute Gasteiger partial charge is 0.361 e. The Balaban J connectivity index is 1.58. The van der Waals surface area contributed by atoms with Crippen molar-refractivity contribution in [2.24, 2.45) is 0 Å². The van der Waals surface area contributed by atoms with Gasteiger partial charge in [-0.1, -0.05) is 6.07 Å². The van der Waals surface area contributed by atoms with E-state index in [0.717, 1.165) is 42.4 Å². The first-order valence-corrected chi connectivity index (χ1v) is 8.17. The minimum absolute atomic E-state index is 0.123. The third-order valence-corrected chi connectivity index (χ3v) is 4.65. The zero-order valence-electron chi connectivity index (χ0n) is 13.0. The quantitative estimate of drug-likeness (QED) is 0.808. The highest BCUT2D eigenvalue weighted by Gasteiger charge is 2.28. The lowest BCUT2D eigenvalue weighted by atomic mass is 10.0. The number of nitrogens with one attached hydrogen (secondary N) is 1. The molecule has 5 nitrogen and oxygen atoms in total. The molecule has 1 aliphatic heterocycles. The highest BCUT2D eigenvalue weighted by molar-refractivity contribution is 5.98. The molecule has 5 heteroatoms. The van der Waals surface area contributed by atoms with Crippen LogP contribution in [0.1, 0.15) is 29.6 Å². The molecule has 118 valence electrons. The van der Waals surface area contributed by atoms with Gasteiger partial charge >= 0.3 is 0 Å². The Labute approximate surface area is 134 Å². The first-order valence-electron chi connectivity index (χ1n) is 8.17. The van der Waals surface area contributed by atoms with E-state index in [1.165, 1.54) is 6.42 Å². The SMILES string of the molecule is O=C(c1ccc2cc[nH]c2c1)N1CCCCC1Cn1cccn1. The predicted molar refractivity (Wildman–Crippen MR) is 89.2 cm³/mol. The number of rotatable bonds is 3. The number of piperidine rings is 1. The molecule has 0 spiro atoms. The predicted octanol–water partition coefficient (Wildman–Crippen LogP) is 3.06. The van der Waals surface area contributed by atoms with Crippen LogP contribution in [-0.2, 0) is 6.54 Å². The molecule has 1 fully saturated rings. The van der Waals surface area contributed by atoms with Gasteiger partial charge in [0.2, 0.25) is 0 Å². The average molecular weight is 308 g/mol. The topological polar surface area (TPSA) is 53.9 Å². The van der Waals surface area contributed by atoms with Crippen molar-refractivity contribution < 1.29 is 4.79 Å². The third kappa shape index (κ3) is 2.74. The number of aromatic amines is 1. The van der Waals surface area contributed by atoms with Crippen molar-refractivity contribution in [3.8, 4) is 0 Å². The summed E-state index contributed by atoms with van der Waals surface area (Å²) in [5.74, 6) is 0.123. The van der Waals surface area contributed by atoms with Crippen molar-refractivity contribution in [1.29, 1.82) is 0 Å². The molecule has 2 aromatic heterocycles. The van der Waals surface area contributed by atoms with E-state index in [9.17, 15) is 4.79 Å². The molecule has 1 amide bonds. The molecule has 0 radical (unpaired) electrons. The molecule has 3 aromatic rings. The Hall–Kier alpha value is -2.56. The molecule has 1 saturated heterocycles. The highest BCUT2D eigenvalue weighted by atomic mass is 16.2. The number of nitrogens with zero attached hydrogens (tertiary/aromatic N) is 3. The van der Waals surface area contributed by atoms with Crippen LogP contribution >= 0.6 is 0 Å². The average Bonchev–Trinajstić information content (AvgIpc) is 3.25. The molecular weight excluding hydrogens is 288 g/mol. The smallest absolute Gasteiger partial charge is 0.254 e. The zero-order valence-corrected chi connectivity index (χ0v) is 13.0. The minimum Gasteiger partial charge on any atom is -0.361 e. The summed E-state index contributed by atoms with van der Waals surface area (Å²) in [6, 6.07) is 10.1. The molecule has 1 aromatic carbocycles. The first kappa shape index (κ1) is 14.1. The summed E-state index contributed by atoms with van der Waals surface area (Å²) < 4.78 is 1.92. The number of H-pyrrole nitrogens is 1. The van der Waals surface area contributed by atoms with Gasteiger partial charge in [0, 0.05) is 36.2 Å². The number of aromatic nitrogens is 3. The number of amides is 1. The van der Waals surface area contributed by atoms with Gasteiger partial charge in [0.25, 0.3) is 5.91 Å². The summed E-state index contributed by atoms with van der Waals surface area (Å²) in [5, 5.41) is 5.42. The normalized spacial score (nSPS) is 18.4. The summed E-state index contributed by atoms with van der Waals surface area (Å²) in [5.41, 5.74) is 1.77. The Bertz CT molecular complexity index is 805. The van der Waals surface area contributed by atoms with E-state index in [-0.39, 0.29) is 11.9 Å². The van der Waals surface area contributed by atoms with Crippen molar-refractivity contribution in [2.75, 3.05) is 6.54 Å². The van der Waals surface area contributed by atoms with Crippen LogP contribution in [0.4, 0.5) is 0 Å². The number of carbonyl (C=O) groups excluding carboxylic acids is 1. The lowest BCUT2D eigenvalue weighted by Crippen LogP contribution is -2.45. The van der Waals surface area contributed by atoms with Crippen LogP contribution < -0.4 is 0 Å². The number of fused-ring (bicyclic) bond motifs is 1. The molecule has 1 atom stereocenters. The molecule has 0 bridgehead atoms. The monoisotopic (exact) mass is 308 g/mol. The Morgan fingerprint density at radius 1 is 1.30 bits per heavy atom. The van der Waals surface area contributed by atoms with E-state index in [4.69, 9.17) is 0 Å². The number of hydrogen-bond acceptors (Lipinski definition) is 2. The van der Waals surface area contributed by atoms with Crippen molar-refractivity contribution in [3.05, 3.63) is 54.5 Å². The van der Waals surface area contributed by atoms with Crippen molar-refractivity contribution in [1.82, 2.24) is 19.7 Å². The van der Waals surface area contributed by atoms with Gasteiger partial charge in [0.05, 0.1) is 12.6 Å². The Kier molecular flexibility index (Phi) is 3.61. The fourth-order valence-electron chi connectivity index (χ4n) is 3.43. The standard InChI is InChI=1S/C18H20N4O/c23-18(15-6-5-14-7-9-19-17(14)12-15)22-11-2-1-4-16(22)13-21-10-3-8-20-21/h3,5-10,12,16,19H,1-2,4,11,13H2. The van der Waals surface area contributed by atoms with E-state index < -0.39 is 0 Å². The lowest BCUT2D eigenvalue weighted by molar-refractivity contribution is 0.0584. The van der Waals surface area contributed by atoms with Crippen LogP contribution in [0.15, 0.2) is 48.9 Å². The van der Waals surface area contributed by atoms with Crippen molar-refractivity contribution in [2.45, 2.75) is 31.8 Å². The molecule has 0 saturated carbocycles.